The molecule has 0 spiro atoms. The van der Waals surface area contributed by atoms with Crippen LogP contribution in [0.1, 0.15) is 11.1 Å². The van der Waals surface area contributed by atoms with Gasteiger partial charge in [-0.25, -0.2) is 0 Å². The Hall–Kier alpha value is -1.02. The molecule has 1 N–H and O–H groups in total. The molecule has 0 saturated heterocycles. The van der Waals surface area contributed by atoms with E-state index in [0.29, 0.717) is 6.04 Å². The van der Waals surface area contributed by atoms with Crippen LogP contribution in [0.5, 0.6) is 0 Å². The number of likely N-dealkylation sites (N-methyl/N-ethyl adjacent to an activating group) is 2. The smallest absolute Gasteiger partial charge is 0.0399 e. The summed E-state index contributed by atoms with van der Waals surface area (Å²) in [5.74, 6) is 0. The SMILES string of the molecule is CNC1Cc2ccc(C)cc2N(C)C1. The standard InChI is InChI=1S/C12H18N2/c1-9-4-5-10-7-11(13-2)8-14(3)12(10)6-9/h4-6,11,13H,7-8H2,1-3H3. The molecule has 0 amide bonds. The molecule has 0 aromatic heterocycles. The van der Waals surface area contributed by atoms with Crippen molar-refractivity contribution in [2.24, 2.45) is 0 Å². The van der Waals surface area contributed by atoms with Gasteiger partial charge in [0.2, 0.25) is 0 Å². The maximum Gasteiger partial charge on any atom is 0.0399 e. The molecule has 1 aromatic carbocycles. The Morgan fingerprint density at radius 2 is 2.21 bits per heavy atom. The van der Waals surface area contributed by atoms with E-state index in [0.717, 1.165) is 13.0 Å². The Kier molecular flexibility index (Phi) is 2.46. The first-order valence-corrected chi connectivity index (χ1v) is 5.18. The van der Waals surface area contributed by atoms with E-state index in [-0.39, 0.29) is 0 Å². The van der Waals surface area contributed by atoms with Gasteiger partial charge in [0.25, 0.3) is 0 Å². The van der Waals surface area contributed by atoms with E-state index in [9.17, 15) is 0 Å². The van der Waals surface area contributed by atoms with Crippen LogP contribution in [0.4, 0.5) is 5.69 Å². The van der Waals surface area contributed by atoms with E-state index in [2.05, 4.69) is 42.4 Å². The molecule has 2 rings (SSSR count). The van der Waals surface area contributed by atoms with Gasteiger partial charge in [0.05, 0.1) is 0 Å². The zero-order chi connectivity index (χ0) is 10.1. The summed E-state index contributed by atoms with van der Waals surface area (Å²) in [6.07, 6.45) is 1.15. The zero-order valence-corrected chi connectivity index (χ0v) is 9.17. The fourth-order valence-electron chi connectivity index (χ4n) is 2.15. The zero-order valence-electron chi connectivity index (χ0n) is 9.17. The van der Waals surface area contributed by atoms with Gasteiger partial charge >= 0.3 is 0 Å². The summed E-state index contributed by atoms with van der Waals surface area (Å²) >= 11 is 0. The number of benzene rings is 1. The number of hydrogen-bond donors (Lipinski definition) is 1. The maximum atomic E-state index is 3.35. The van der Waals surface area contributed by atoms with E-state index in [1.807, 2.05) is 7.05 Å². The van der Waals surface area contributed by atoms with Crippen molar-refractivity contribution in [3.63, 3.8) is 0 Å². The highest BCUT2D eigenvalue weighted by Crippen LogP contribution is 2.26. The van der Waals surface area contributed by atoms with E-state index < -0.39 is 0 Å². The van der Waals surface area contributed by atoms with Gasteiger partial charge in [-0.05, 0) is 37.6 Å². The molecule has 1 aliphatic heterocycles. The molecule has 1 aromatic rings. The molecule has 2 nitrogen and oxygen atoms in total. The summed E-state index contributed by atoms with van der Waals surface area (Å²) in [6.45, 7) is 3.26. The molecule has 0 bridgehead atoms. The normalized spacial score (nSPS) is 20.8. The Morgan fingerprint density at radius 3 is 2.93 bits per heavy atom. The molecule has 1 atom stereocenters. The van der Waals surface area contributed by atoms with Crippen molar-refractivity contribution in [1.29, 1.82) is 0 Å². The van der Waals surface area contributed by atoms with Crippen LogP contribution in [-0.4, -0.2) is 26.7 Å². The molecule has 0 saturated carbocycles. The highest BCUT2D eigenvalue weighted by molar-refractivity contribution is 5.57. The number of nitrogens with one attached hydrogen (secondary N) is 1. The Balaban J connectivity index is 2.35. The molecular formula is C12H18N2. The van der Waals surface area contributed by atoms with E-state index in [1.165, 1.54) is 16.8 Å². The first-order valence-electron chi connectivity index (χ1n) is 5.18. The number of rotatable bonds is 1. The maximum absolute atomic E-state index is 3.35. The van der Waals surface area contributed by atoms with E-state index >= 15 is 0 Å². The van der Waals surface area contributed by atoms with E-state index in [1.54, 1.807) is 0 Å². The van der Waals surface area contributed by atoms with Crippen molar-refractivity contribution in [1.82, 2.24) is 5.32 Å². The Labute approximate surface area is 85.9 Å². The lowest BCUT2D eigenvalue weighted by molar-refractivity contribution is 0.538. The lowest BCUT2D eigenvalue weighted by atomic mass is 9.97. The number of nitrogens with zero attached hydrogens (tertiary/aromatic N) is 1. The van der Waals surface area contributed by atoms with Crippen molar-refractivity contribution < 1.29 is 0 Å². The summed E-state index contributed by atoms with van der Waals surface area (Å²) in [7, 11) is 4.21. The van der Waals surface area contributed by atoms with E-state index in [4.69, 9.17) is 0 Å². The predicted molar refractivity (Wildman–Crippen MR) is 61.0 cm³/mol. The van der Waals surface area contributed by atoms with Crippen molar-refractivity contribution >= 4 is 5.69 Å². The van der Waals surface area contributed by atoms with Crippen molar-refractivity contribution in [2.75, 3.05) is 25.5 Å². The minimum atomic E-state index is 0.593. The average molecular weight is 190 g/mol. The van der Waals surface area contributed by atoms with Gasteiger partial charge in [-0.2, -0.15) is 0 Å². The number of fused-ring (bicyclic) bond motifs is 1. The lowest BCUT2D eigenvalue weighted by Gasteiger charge is -2.33. The quantitative estimate of drug-likeness (QED) is 0.723. The van der Waals surface area contributed by atoms with Crippen molar-refractivity contribution in [3.05, 3.63) is 29.3 Å². The molecule has 14 heavy (non-hydrogen) atoms. The Bertz CT molecular complexity index is 333. The van der Waals surface area contributed by atoms with Crippen LogP contribution in [0.2, 0.25) is 0 Å². The van der Waals surface area contributed by atoms with Crippen LogP contribution in [0.3, 0.4) is 0 Å². The van der Waals surface area contributed by atoms with Crippen LogP contribution in [-0.2, 0) is 6.42 Å². The van der Waals surface area contributed by atoms with Gasteiger partial charge in [0.15, 0.2) is 0 Å². The third kappa shape index (κ3) is 1.62. The van der Waals surface area contributed by atoms with Crippen LogP contribution >= 0.6 is 0 Å². The van der Waals surface area contributed by atoms with Gasteiger partial charge in [0.1, 0.15) is 0 Å². The van der Waals surface area contributed by atoms with Gasteiger partial charge in [-0.1, -0.05) is 12.1 Å². The molecular weight excluding hydrogens is 172 g/mol. The summed E-state index contributed by atoms with van der Waals surface area (Å²) in [6, 6.07) is 7.33. The highest BCUT2D eigenvalue weighted by atomic mass is 15.1. The molecule has 76 valence electrons. The third-order valence-electron chi connectivity index (χ3n) is 3.02. The average Bonchev–Trinajstić information content (AvgIpc) is 2.19. The second-order valence-corrected chi connectivity index (χ2v) is 4.20. The molecule has 0 radical (unpaired) electrons. The largest absolute Gasteiger partial charge is 0.373 e. The molecule has 0 fully saturated rings. The molecule has 2 heteroatoms. The van der Waals surface area contributed by atoms with Gasteiger partial charge in [-0.15, -0.1) is 0 Å². The van der Waals surface area contributed by atoms with Crippen molar-refractivity contribution in [2.45, 2.75) is 19.4 Å². The summed E-state index contributed by atoms with van der Waals surface area (Å²) in [5, 5.41) is 3.35. The van der Waals surface area contributed by atoms with Crippen LogP contribution < -0.4 is 10.2 Å². The predicted octanol–water partition coefficient (Wildman–Crippen LogP) is 1.58. The highest BCUT2D eigenvalue weighted by Gasteiger charge is 2.20. The summed E-state index contributed by atoms with van der Waals surface area (Å²) in [4.78, 5) is 2.34. The van der Waals surface area contributed by atoms with Crippen molar-refractivity contribution in [3.8, 4) is 0 Å². The number of anilines is 1. The minimum Gasteiger partial charge on any atom is -0.373 e. The monoisotopic (exact) mass is 190 g/mol. The van der Waals surface area contributed by atoms with Crippen LogP contribution in [0, 0.1) is 6.92 Å². The number of hydrogen-bond acceptors (Lipinski definition) is 2. The van der Waals surface area contributed by atoms with Gasteiger partial charge < -0.3 is 10.2 Å². The molecule has 1 heterocycles. The molecule has 0 aliphatic carbocycles. The number of aryl methyl sites for hydroxylation is 1. The minimum absolute atomic E-state index is 0.593. The molecule has 1 unspecified atom stereocenters. The molecule has 1 aliphatic rings. The fourth-order valence-corrected chi connectivity index (χ4v) is 2.15. The van der Waals surface area contributed by atoms with Crippen LogP contribution in [0.15, 0.2) is 18.2 Å². The second kappa shape index (κ2) is 3.62. The summed E-state index contributed by atoms with van der Waals surface area (Å²) < 4.78 is 0. The first kappa shape index (κ1) is 9.53. The second-order valence-electron chi connectivity index (χ2n) is 4.20. The lowest BCUT2D eigenvalue weighted by Crippen LogP contribution is -2.43. The third-order valence-corrected chi connectivity index (χ3v) is 3.02. The van der Waals surface area contributed by atoms with Gasteiger partial charge in [-0.3, -0.25) is 0 Å². The first-order chi connectivity index (χ1) is 6.70. The van der Waals surface area contributed by atoms with Gasteiger partial charge in [0, 0.05) is 25.3 Å². The fraction of sp³-hybridized carbons (Fsp3) is 0.500. The van der Waals surface area contributed by atoms with Crippen LogP contribution in [0.25, 0.3) is 0 Å². The summed E-state index contributed by atoms with van der Waals surface area (Å²) in [5.41, 5.74) is 4.21. The Morgan fingerprint density at radius 1 is 1.43 bits per heavy atom. The topological polar surface area (TPSA) is 15.3 Å².